The summed E-state index contributed by atoms with van der Waals surface area (Å²) in [6, 6.07) is 5.16. The molecule has 0 saturated carbocycles. The molecule has 0 saturated heterocycles. The van der Waals surface area contributed by atoms with Gasteiger partial charge in [-0.25, -0.2) is 9.97 Å². The van der Waals surface area contributed by atoms with Crippen LogP contribution in [0.25, 0.3) is 11.3 Å². The molecule has 0 bridgehead atoms. The lowest BCUT2D eigenvalue weighted by atomic mass is 10.2. The number of hydrogen-bond acceptors (Lipinski definition) is 7. The van der Waals surface area contributed by atoms with E-state index in [1.54, 1.807) is 29.4 Å². The van der Waals surface area contributed by atoms with Crippen LogP contribution in [0.15, 0.2) is 47.5 Å². The number of carbonyl (C=O) groups excluding carboxylic acids is 1. The van der Waals surface area contributed by atoms with Gasteiger partial charge in [0, 0.05) is 38.1 Å². The number of nitrogens with one attached hydrogen (secondary N) is 1. The summed E-state index contributed by atoms with van der Waals surface area (Å²) in [6.07, 6.45) is 6.35. The minimum Gasteiger partial charge on any atom is -0.355 e. The molecule has 0 unspecified atom stereocenters. The Labute approximate surface area is 132 Å². The van der Waals surface area contributed by atoms with Gasteiger partial charge in [-0.15, -0.1) is 0 Å². The van der Waals surface area contributed by atoms with Crippen molar-refractivity contribution in [2.24, 2.45) is 0 Å². The van der Waals surface area contributed by atoms with E-state index in [1.807, 2.05) is 20.2 Å². The summed E-state index contributed by atoms with van der Waals surface area (Å²) in [5.41, 5.74) is 1.39. The normalized spacial score (nSPS) is 10.3. The second-order valence-electron chi connectivity index (χ2n) is 4.94. The van der Waals surface area contributed by atoms with Crippen molar-refractivity contribution < 1.29 is 9.32 Å². The average molecular weight is 310 g/mol. The van der Waals surface area contributed by atoms with E-state index in [0.29, 0.717) is 17.4 Å². The number of carbonyl (C=O) groups is 1. The van der Waals surface area contributed by atoms with Gasteiger partial charge in [0.1, 0.15) is 0 Å². The number of nitrogens with zero attached hydrogens (tertiary/aromatic N) is 5. The van der Waals surface area contributed by atoms with Crippen molar-refractivity contribution >= 4 is 17.5 Å². The molecule has 0 aromatic carbocycles. The molecule has 1 amide bonds. The SMILES string of the molecule is CN(C)c1ncc(NC(=O)c2cc(-c3cccnc3)on2)cn1. The maximum atomic E-state index is 12.2. The fraction of sp³-hybridized carbons (Fsp3) is 0.133. The summed E-state index contributed by atoms with van der Waals surface area (Å²) in [4.78, 5) is 26.2. The van der Waals surface area contributed by atoms with Crippen molar-refractivity contribution in [2.45, 2.75) is 0 Å². The van der Waals surface area contributed by atoms with Gasteiger partial charge in [-0.05, 0) is 12.1 Å². The predicted molar refractivity (Wildman–Crippen MR) is 84.0 cm³/mol. The molecule has 0 aliphatic rings. The van der Waals surface area contributed by atoms with Gasteiger partial charge in [-0.2, -0.15) is 0 Å². The molecule has 8 nitrogen and oxygen atoms in total. The smallest absolute Gasteiger partial charge is 0.277 e. The Balaban J connectivity index is 1.72. The molecule has 23 heavy (non-hydrogen) atoms. The highest BCUT2D eigenvalue weighted by Gasteiger charge is 2.14. The molecule has 116 valence electrons. The quantitative estimate of drug-likeness (QED) is 0.785. The lowest BCUT2D eigenvalue weighted by molar-refractivity contribution is 0.101. The van der Waals surface area contributed by atoms with Crippen LogP contribution in [0, 0.1) is 0 Å². The first kappa shape index (κ1) is 14.6. The van der Waals surface area contributed by atoms with E-state index in [9.17, 15) is 4.79 Å². The van der Waals surface area contributed by atoms with Crippen LogP contribution in [0.3, 0.4) is 0 Å². The van der Waals surface area contributed by atoms with Crippen LogP contribution in [0.5, 0.6) is 0 Å². The van der Waals surface area contributed by atoms with Crippen molar-refractivity contribution in [2.75, 3.05) is 24.3 Å². The second-order valence-corrected chi connectivity index (χ2v) is 4.94. The molecule has 0 atom stereocenters. The van der Waals surface area contributed by atoms with Gasteiger partial charge in [-0.1, -0.05) is 5.16 Å². The third kappa shape index (κ3) is 3.31. The maximum Gasteiger partial charge on any atom is 0.277 e. The molecule has 3 heterocycles. The average Bonchev–Trinajstić information content (AvgIpc) is 3.06. The Kier molecular flexibility index (Phi) is 3.96. The number of amides is 1. The fourth-order valence-corrected chi connectivity index (χ4v) is 1.84. The Morgan fingerprint density at radius 3 is 2.65 bits per heavy atom. The summed E-state index contributed by atoms with van der Waals surface area (Å²) < 4.78 is 5.17. The van der Waals surface area contributed by atoms with E-state index in [4.69, 9.17) is 4.52 Å². The molecular formula is C15H14N6O2. The molecular weight excluding hydrogens is 296 g/mol. The highest BCUT2D eigenvalue weighted by atomic mass is 16.5. The number of anilines is 2. The van der Waals surface area contributed by atoms with Crippen molar-refractivity contribution in [3.63, 3.8) is 0 Å². The third-order valence-electron chi connectivity index (χ3n) is 2.98. The number of rotatable bonds is 4. The topological polar surface area (TPSA) is 97.0 Å². The molecule has 0 aliphatic carbocycles. The van der Waals surface area contributed by atoms with E-state index in [0.717, 1.165) is 5.56 Å². The van der Waals surface area contributed by atoms with E-state index >= 15 is 0 Å². The minimum atomic E-state index is -0.398. The lowest BCUT2D eigenvalue weighted by Crippen LogP contribution is -2.15. The third-order valence-corrected chi connectivity index (χ3v) is 2.98. The Hall–Kier alpha value is -3.29. The molecule has 0 radical (unpaired) electrons. The highest BCUT2D eigenvalue weighted by molar-refractivity contribution is 6.03. The Morgan fingerprint density at radius 2 is 2.00 bits per heavy atom. The van der Waals surface area contributed by atoms with E-state index in [-0.39, 0.29) is 5.69 Å². The van der Waals surface area contributed by atoms with Crippen LogP contribution < -0.4 is 10.2 Å². The molecule has 8 heteroatoms. The maximum absolute atomic E-state index is 12.2. The van der Waals surface area contributed by atoms with E-state index in [1.165, 1.54) is 12.4 Å². The largest absolute Gasteiger partial charge is 0.355 e. The zero-order valence-electron chi connectivity index (χ0n) is 12.6. The first-order valence-corrected chi connectivity index (χ1v) is 6.81. The van der Waals surface area contributed by atoms with E-state index < -0.39 is 5.91 Å². The summed E-state index contributed by atoms with van der Waals surface area (Å²) in [5, 5.41) is 6.44. The molecule has 0 fully saturated rings. The van der Waals surface area contributed by atoms with Gasteiger partial charge in [0.2, 0.25) is 5.95 Å². The molecule has 0 spiro atoms. The van der Waals surface area contributed by atoms with Gasteiger partial charge < -0.3 is 14.7 Å². The van der Waals surface area contributed by atoms with E-state index in [2.05, 4.69) is 25.4 Å². The zero-order valence-corrected chi connectivity index (χ0v) is 12.6. The van der Waals surface area contributed by atoms with Crippen LogP contribution in [-0.4, -0.2) is 40.1 Å². The van der Waals surface area contributed by atoms with Crippen LogP contribution in [0.4, 0.5) is 11.6 Å². The summed E-state index contributed by atoms with van der Waals surface area (Å²) in [6.45, 7) is 0. The Bertz CT molecular complexity index is 798. The highest BCUT2D eigenvalue weighted by Crippen LogP contribution is 2.19. The summed E-state index contributed by atoms with van der Waals surface area (Å²) >= 11 is 0. The van der Waals surface area contributed by atoms with Crippen molar-refractivity contribution in [3.05, 3.63) is 48.7 Å². The summed E-state index contributed by atoms with van der Waals surface area (Å²) in [5.74, 6) is 0.635. The number of hydrogen-bond donors (Lipinski definition) is 1. The van der Waals surface area contributed by atoms with Crippen LogP contribution in [0.2, 0.25) is 0 Å². The van der Waals surface area contributed by atoms with Gasteiger partial charge in [0.25, 0.3) is 5.91 Å². The zero-order chi connectivity index (χ0) is 16.2. The first-order chi connectivity index (χ1) is 11.1. The van der Waals surface area contributed by atoms with Crippen LogP contribution in [-0.2, 0) is 0 Å². The molecule has 3 aromatic rings. The molecule has 3 aromatic heterocycles. The van der Waals surface area contributed by atoms with Crippen LogP contribution >= 0.6 is 0 Å². The van der Waals surface area contributed by atoms with Gasteiger partial charge in [0.05, 0.1) is 18.1 Å². The number of aromatic nitrogens is 4. The van der Waals surface area contributed by atoms with Crippen LogP contribution in [0.1, 0.15) is 10.5 Å². The lowest BCUT2D eigenvalue weighted by Gasteiger charge is -2.09. The monoisotopic (exact) mass is 310 g/mol. The molecule has 1 N–H and O–H groups in total. The predicted octanol–water partition coefficient (Wildman–Crippen LogP) is 1.84. The van der Waals surface area contributed by atoms with Gasteiger partial charge in [0.15, 0.2) is 11.5 Å². The first-order valence-electron chi connectivity index (χ1n) is 6.81. The molecule has 3 rings (SSSR count). The van der Waals surface area contributed by atoms with Gasteiger partial charge >= 0.3 is 0 Å². The van der Waals surface area contributed by atoms with Gasteiger partial charge in [-0.3, -0.25) is 9.78 Å². The van der Waals surface area contributed by atoms with Crippen molar-refractivity contribution in [1.82, 2.24) is 20.1 Å². The standard InChI is InChI=1S/C15H14N6O2/c1-21(2)15-17-8-11(9-18-15)19-14(22)12-6-13(23-20-12)10-4-3-5-16-7-10/h3-9H,1-2H3,(H,19,22). The summed E-state index contributed by atoms with van der Waals surface area (Å²) in [7, 11) is 3.67. The molecule has 0 aliphatic heterocycles. The number of pyridine rings is 1. The van der Waals surface area contributed by atoms with Crippen molar-refractivity contribution in [3.8, 4) is 11.3 Å². The van der Waals surface area contributed by atoms with Crippen molar-refractivity contribution in [1.29, 1.82) is 0 Å². The minimum absolute atomic E-state index is 0.167. The fourth-order valence-electron chi connectivity index (χ4n) is 1.84. The second kappa shape index (κ2) is 6.22. The Morgan fingerprint density at radius 1 is 1.22 bits per heavy atom.